The second-order valence-corrected chi connectivity index (χ2v) is 9.37. The molecule has 1 atom stereocenters. The number of rotatable bonds is 6. The van der Waals surface area contributed by atoms with Crippen LogP contribution < -0.4 is 10.1 Å². The Bertz CT molecular complexity index is 1270. The van der Waals surface area contributed by atoms with Gasteiger partial charge in [-0.1, -0.05) is 42.5 Å². The fraction of sp³-hybridized carbons (Fsp3) is 0.222. The van der Waals surface area contributed by atoms with Crippen molar-refractivity contribution in [3.63, 3.8) is 0 Å². The van der Waals surface area contributed by atoms with Crippen molar-refractivity contribution in [1.82, 2.24) is 9.88 Å². The van der Waals surface area contributed by atoms with Gasteiger partial charge >= 0.3 is 0 Å². The summed E-state index contributed by atoms with van der Waals surface area (Å²) in [5.74, 6) is 0.273. The number of ether oxygens (including phenoxy) is 1. The van der Waals surface area contributed by atoms with Gasteiger partial charge in [0.2, 0.25) is 0 Å². The molecule has 34 heavy (non-hydrogen) atoms. The maximum absolute atomic E-state index is 13.0. The van der Waals surface area contributed by atoms with E-state index in [1.165, 1.54) is 4.70 Å². The first-order valence-electron chi connectivity index (χ1n) is 11.4. The zero-order valence-corrected chi connectivity index (χ0v) is 19.5. The minimum Gasteiger partial charge on any atom is -0.483 e. The topological polar surface area (TPSA) is 71.5 Å². The summed E-state index contributed by atoms with van der Waals surface area (Å²) < 4.78 is 7.01. The fourth-order valence-electron chi connectivity index (χ4n) is 4.20. The third kappa shape index (κ3) is 4.94. The number of fused-ring (bicyclic) bond motifs is 1. The number of thiazole rings is 1. The predicted octanol–water partition coefficient (Wildman–Crippen LogP) is 5.33. The molecule has 1 fully saturated rings. The molecule has 4 aromatic rings. The van der Waals surface area contributed by atoms with Crippen molar-refractivity contribution in [3.05, 3.63) is 89.4 Å². The molecule has 1 N–H and O–H groups in total. The molecule has 172 valence electrons. The highest BCUT2D eigenvalue weighted by molar-refractivity contribution is 7.18. The highest BCUT2D eigenvalue weighted by Gasteiger charge is 2.27. The van der Waals surface area contributed by atoms with E-state index in [2.05, 4.69) is 11.4 Å². The quantitative estimate of drug-likeness (QED) is 0.412. The number of aromatic nitrogens is 1. The maximum Gasteiger partial charge on any atom is 0.260 e. The van der Waals surface area contributed by atoms with Crippen LogP contribution in [0.1, 0.15) is 34.1 Å². The van der Waals surface area contributed by atoms with Crippen molar-refractivity contribution in [1.29, 1.82) is 0 Å². The van der Waals surface area contributed by atoms with E-state index < -0.39 is 0 Å². The Kier molecular flexibility index (Phi) is 6.53. The third-order valence-corrected chi connectivity index (χ3v) is 7.15. The summed E-state index contributed by atoms with van der Waals surface area (Å²) in [5.41, 5.74) is 2.11. The molecule has 0 aliphatic carbocycles. The van der Waals surface area contributed by atoms with Gasteiger partial charge in [-0.25, -0.2) is 4.98 Å². The Hall–Kier alpha value is -3.71. The number of hydrogen-bond acceptors (Lipinski definition) is 5. The maximum atomic E-state index is 13.0. The van der Waals surface area contributed by atoms with Gasteiger partial charge in [0.1, 0.15) is 5.75 Å². The number of carbonyl (C=O) groups excluding carboxylic acids is 2. The molecule has 0 bridgehead atoms. The van der Waals surface area contributed by atoms with Crippen LogP contribution in [0.5, 0.6) is 5.75 Å². The lowest BCUT2D eigenvalue weighted by atomic mass is 9.99. The van der Waals surface area contributed by atoms with Gasteiger partial charge in [-0.05, 0) is 49.2 Å². The Morgan fingerprint density at radius 1 is 1.00 bits per heavy atom. The molecule has 0 unspecified atom stereocenters. The number of hydrogen-bond donors (Lipinski definition) is 1. The van der Waals surface area contributed by atoms with Crippen LogP contribution in [0.2, 0.25) is 0 Å². The van der Waals surface area contributed by atoms with Gasteiger partial charge in [0.25, 0.3) is 11.8 Å². The molecule has 1 aliphatic heterocycles. The van der Waals surface area contributed by atoms with Crippen molar-refractivity contribution in [3.8, 4) is 5.75 Å². The van der Waals surface area contributed by atoms with Crippen molar-refractivity contribution in [2.75, 3.05) is 25.0 Å². The molecule has 2 heterocycles. The predicted molar refractivity (Wildman–Crippen MR) is 135 cm³/mol. The average molecular weight is 472 g/mol. The van der Waals surface area contributed by atoms with E-state index in [4.69, 9.17) is 9.72 Å². The van der Waals surface area contributed by atoms with Crippen LogP contribution in [0.15, 0.2) is 78.9 Å². The second kappa shape index (κ2) is 10.1. The minimum atomic E-state index is -0.275. The highest BCUT2D eigenvalue weighted by atomic mass is 32.1. The van der Waals surface area contributed by atoms with Gasteiger partial charge < -0.3 is 15.0 Å². The summed E-state index contributed by atoms with van der Waals surface area (Å²) in [6.07, 6.45) is 1.95. The monoisotopic (exact) mass is 471 g/mol. The summed E-state index contributed by atoms with van der Waals surface area (Å²) in [6.45, 7) is 1.24. The number of benzene rings is 3. The van der Waals surface area contributed by atoms with E-state index >= 15 is 0 Å². The first-order valence-corrected chi connectivity index (χ1v) is 12.2. The summed E-state index contributed by atoms with van der Waals surface area (Å²) in [4.78, 5) is 32.4. The zero-order valence-electron chi connectivity index (χ0n) is 18.6. The number of carbonyl (C=O) groups is 2. The highest BCUT2D eigenvalue weighted by Crippen LogP contribution is 2.33. The van der Waals surface area contributed by atoms with Gasteiger partial charge in [-0.2, -0.15) is 0 Å². The SMILES string of the molecule is O=C(Nc1ccccc1)c1ccccc1OCC(=O)N1CCC[C@@H](c2nc3ccccc3s2)C1. The smallest absolute Gasteiger partial charge is 0.260 e. The lowest BCUT2D eigenvalue weighted by Gasteiger charge is -2.31. The summed E-state index contributed by atoms with van der Waals surface area (Å²) >= 11 is 1.71. The second-order valence-electron chi connectivity index (χ2n) is 8.30. The Morgan fingerprint density at radius 2 is 1.76 bits per heavy atom. The lowest BCUT2D eigenvalue weighted by molar-refractivity contribution is -0.134. The molecule has 3 aromatic carbocycles. The number of nitrogens with zero attached hydrogens (tertiary/aromatic N) is 2. The number of amides is 2. The number of likely N-dealkylation sites (tertiary alicyclic amines) is 1. The Morgan fingerprint density at radius 3 is 2.62 bits per heavy atom. The van der Waals surface area contributed by atoms with Crippen LogP contribution >= 0.6 is 11.3 Å². The fourth-order valence-corrected chi connectivity index (χ4v) is 5.29. The number of anilines is 1. The summed E-state index contributed by atoms with van der Waals surface area (Å²) in [5, 5.41) is 3.95. The van der Waals surface area contributed by atoms with Gasteiger partial charge in [0.15, 0.2) is 6.61 Å². The van der Waals surface area contributed by atoms with Crippen molar-refractivity contribution >= 4 is 39.1 Å². The molecule has 5 rings (SSSR count). The molecule has 1 aromatic heterocycles. The summed E-state index contributed by atoms with van der Waals surface area (Å²) in [6, 6.07) is 24.4. The van der Waals surface area contributed by atoms with Crippen molar-refractivity contribution < 1.29 is 14.3 Å². The largest absolute Gasteiger partial charge is 0.483 e. The third-order valence-electron chi connectivity index (χ3n) is 5.95. The minimum absolute atomic E-state index is 0.0796. The van der Waals surface area contributed by atoms with Crippen LogP contribution in [-0.2, 0) is 4.79 Å². The van der Waals surface area contributed by atoms with Crippen LogP contribution in [-0.4, -0.2) is 41.4 Å². The summed E-state index contributed by atoms with van der Waals surface area (Å²) in [7, 11) is 0. The van der Waals surface area contributed by atoms with Crippen LogP contribution in [0.25, 0.3) is 10.2 Å². The normalized spacial score (nSPS) is 15.8. The van der Waals surface area contributed by atoms with Crippen molar-refractivity contribution in [2.24, 2.45) is 0 Å². The molecule has 0 saturated carbocycles. The number of piperidine rings is 1. The van der Waals surface area contributed by atoms with E-state index in [0.717, 1.165) is 23.4 Å². The first kappa shape index (κ1) is 22.1. The molecule has 6 nitrogen and oxygen atoms in total. The first-order chi connectivity index (χ1) is 16.7. The van der Waals surface area contributed by atoms with E-state index in [1.54, 1.807) is 35.6 Å². The van der Waals surface area contributed by atoms with Crippen LogP contribution in [0, 0.1) is 0 Å². The van der Waals surface area contributed by atoms with Gasteiger partial charge in [-0.15, -0.1) is 11.3 Å². The molecule has 0 spiro atoms. The molecular formula is C27H25N3O3S. The van der Waals surface area contributed by atoms with E-state index in [1.807, 2.05) is 53.4 Å². The molecule has 7 heteroatoms. The lowest BCUT2D eigenvalue weighted by Crippen LogP contribution is -2.41. The molecule has 0 radical (unpaired) electrons. The molecular weight excluding hydrogens is 446 g/mol. The molecule has 1 saturated heterocycles. The van der Waals surface area contributed by atoms with E-state index in [0.29, 0.717) is 30.1 Å². The van der Waals surface area contributed by atoms with Crippen molar-refractivity contribution in [2.45, 2.75) is 18.8 Å². The molecule has 1 aliphatic rings. The van der Waals surface area contributed by atoms with E-state index in [-0.39, 0.29) is 24.3 Å². The number of para-hydroxylation sites is 3. The average Bonchev–Trinajstić information content (AvgIpc) is 3.33. The van der Waals surface area contributed by atoms with Gasteiger partial charge in [0, 0.05) is 24.7 Å². The Labute approximate surface area is 202 Å². The Balaban J connectivity index is 1.22. The number of nitrogens with one attached hydrogen (secondary N) is 1. The van der Waals surface area contributed by atoms with Crippen LogP contribution in [0.3, 0.4) is 0 Å². The standard InChI is InChI=1S/C27H25N3O3S/c31-25(30-16-8-9-19(17-30)27-29-22-13-5-7-15-24(22)34-27)18-33-23-14-6-4-12-21(23)26(32)28-20-10-2-1-3-11-20/h1-7,10-15,19H,8-9,16-18H2,(H,28,32)/t19-/m1/s1. The van der Waals surface area contributed by atoms with Crippen LogP contribution in [0.4, 0.5) is 5.69 Å². The molecule has 2 amide bonds. The van der Waals surface area contributed by atoms with E-state index in [9.17, 15) is 9.59 Å². The zero-order chi connectivity index (χ0) is 23.3. The van der Waals surface area contributed by atoms with Gasteiger partial charge in [0.05, 0.1) is 20.8 Å². The van der Waals surface area contributed by atoms with Gasteiger partial charge in [-0.3, -0.25) is 9.59 Å².